The number of ether oxygens (including phenoxy) is 1. The molecule has 0 saturated heterocycles. The maximum atomic E-state index is 12.9. The van der Waals surface area contributed by atoms with E-state index in [1.54, 1.807) is 24.3 Å². The molecule has 0 fully saturated rings. The van der Waals surface area contributed by atoms with E-state index < -0.39 is 17.7 Å². The summed E-state index contributed by atoms with van der Waals surface area (Å²) >= 11 is 0. The molecule has 114 valence electrons. The third-order valence-corrected chi connectivity index (χ3v) is 3.03. The van der Waals surface area contributed by atoms with E-state index in [1.165, 1.54) is 12.1 Å². The van der Waals surface area contributed by atoms with E-state index in [2.05, 4.69) is 6.58 Å². The largest absolute Gasteiger partial charge is 0.457 e. The van der Waals surface area contributed by atoms with Gasteiger partial charge in [0, 0.05) is 0 Å². The van der Waals surface area contributed by atoms with E-state index in [4.69, 9.17) is 4.74 Å². The third-order valence-electron chi connectivity index (χ3n) is 3.03. The third kappa shape index (κ3) is 3.75. The van der Waals surface area contributed by atoms with Gasteiger partial charge in [0.05, 0.1) is 11.1 Å². The first-order valence-corrected chi connectivity index (χ1v) is 6.46. The molecule has 2 aromatic rings. The Hall–Kier alpha value is -2.56. The molecule has 0 saturated carbocycles. The van der Waals surface area contributed by atoms with Gasteiger partial charge in [0.25, 0.3) is 0 Å². The molecule has 2 aromatic carbocycles. The van der Waals surface area contributed by atoms with Gasteiger partial charge in [-0.05, 0) is 23.3 Å². The quantitative estimate of drug-likeness (QED) is 0.765. The van der Waals surface area contributed by atoms with Crippen LogP contribution in [0.15, 0.2) is 55.1 Å². The molecule has 0 spiro atoms. The molecule has 0 N–H and O–H groups in total. The highest BCUT2D eigenvalue weighted by molar-refractivity contribution is 5.90. The van der Waals surface area contributed by atoms with Gasteiger partial charge in [0.15, 0.2) is 0 Å². The summed E-state index contributed by atoms with van der Waals surface area (Å²) in [5, 5.41) is 0. The van der Waals surface area contributed by atoms with E-state index in [-0.39, 0.29) is 17.7 Å². The van der Waals surface area contributed by atoms with Gasteiger partial charge >= 0.3 is 12.1 Å². The van der Waals surface area contributed by atoms with Gasteiger partial charge in [-0.25, -0.2) is 4.79 Å². The number of esters is 1. The highest BCUT2D eigenvalue weighted by Crippen LogP contribution is 2.33. The summed E-state index contributed by atoms with van der Waals surface area (Å²) in [6, 6.07) is 12.2. The molecule has 0 aromatic heterocycles. The molecule has 2 nitrogen and oxygen atoms in total. The van der Waals surface area contributed by atoms with Crippen LogP contribution in [0.2, 0.25) is 0 Å². The van der Waals surface area contributed by atoms with Gasteiger partial charge < -0.3 is 4.74 Å². The molecule has 0 heterocycles. The average molecular weight is 306 g/mol. The first-order valence-electron chi connectivity index (χ1n) is 6.46. The summed E-state index contributed by atoms with van der Waals surface area (Å²) in [6.07, 6.45) is -3.46. The van der Waals surface area contributed by atoms with E-state index >= 15 is 0 Å². The van der Waals surface area contributed by atoms with Crippen molar-refractivity contribution in [3.05, 3.63) is 77.4 Å². The number of alkyl halides is 3. The smallest absolute Gasteiger partial charge is 0.417 e. The minimum atomic E-state index is -4.56. The van der Waals surface area contributed by atoms with Crippen molar-refractivity contribution < 1.29 is 22.7 Å². The Labute approximate surface area is 125 Å². The fourth-order valence-corrected chi connectivity index (χ4v) is 1.91. The van der Waals surface area contributed by atoms with Crippen molar-refractivity contribution in [2.45, 2.75) is 12.8 Å². The summed E-state index contributed by atoms with van der Waals surface area (Å²) in [6.45, 7) is 3.34. The summed E-state index contributed by atoms with van der Waals surface area (Å²) < 4.78 is 43.8. The maximum absolute atomic E-state index is 12.9. The van der Waals surface area contributed by atoms with Gasteiger partial charge in [-0.1, -0.05) is 49.1 Å². The van der Waals surface area contributed by atoms with Crippen LogP contribution in [0.5, 0.6) is 0 Å². The van der Waals surface area contributed by atoms with Crippen LogP contribution in [0, 0.1) is 0 Å². The van der Waals surface area contributed by atoms with E-state index in [0.717, 1.165) is 17.7 Å². The number of halogens is 3. The Morgan fingerprint density at radius 2 is 1.82 bits per heavy atom. The number of benzene rings is 2. The zero-order valence-electron chi connectivity index (χ0n) is 11.6. The second kappa shape index (κ2) is 6.47. The molecule has 0 amide bonds. The monoisotopic (exact) mass is 306 g/mol. The van der Waals surface area contributed by atoms with Crippen molar-refractivity contribution in [3.8, 4) is 0 Å². The molecule has 2 rings (SSSR count). The van der Waals surface area contributed by atoms with Crippen molar-refractivity contribution in [1.82, 2.24) is 0 Å². The number of hydrogen-bond donors (Lipinski definition) is 0. The standard InChI is InChI=1S/C17H13F3O2/c1-2-13-8-9-14(10-15(13)17(18,19)20)16(21)22-11-12-6-4-3-5-7-12/h2-10H,1,11H2. The number of carbonyl (C=O) groups is 1. The van der Waals surface area contributed by atoms with Crippen LogP contribution < -0.4 is 0 Å². The summed E-state index contributed by atoms with van der Waals surface area (Å²) in [4.78, 5) is 11.9. The molecule has 0 bridgehead atoms. The highest BCUT2D eigenvalue weighted by atomic mass is 19.4. The molecule has 0 aliphatic heterocycles. The van der Waals surface area contributed by atoms with Crippen LogP contribution in [-0.4, -0.2) is 5.97 Å². The summed E-state index contributed by atoms with van der Waals surface area (Å²) in [5.74, 6) is -0.801. The van der Waals surface area contributed by atoms with Crippen LogP contribution in [0.4, 0.5) is 13.2 Å². The van der Waals surface area contributed by atoms with Crippen molar-refractivity contribution in [1.29, 1.82) is 0 Å². The Balaban J connectivity index is 2.18. The lowest BCUT2D eigenvalue weighted by molar-refractivity contribution is -0.137. The van der Waals surface area contributed by atoms with Crippen molar-refractivity contribution >= 4 is 12.0 Å². The maximum Gasteiger partial charge on any atom is 0.417 e. The van der Waals surface area contributed by atoms with Gasteiger partial charge in [-0.2, -0.15) is 13.2 Å². The zero-order chi connectivity index (χ0) is 16.2. The molecule has 0 aliphatic rings. The predicted molar refractivity (Wildman–Crippen MR) is 77.1 cm³/mol. The Morgan fingerprint density at radius 1 is 1.14 bits per heavy atom. The fourth-order valence-electron chi connectivity index (χ4n) is 1.91. The lowest BCUT2D eigenvalue weighted by Gasteiger charge is -2.12. The highest BCUT2D eigenvalue weighted by Gasteiger charge is 2.33. The zero-order valence-corrected chi connectivity index (χ0v) is 11.6. The molecule has 0 atom stereocenters. The van der Waals surface area contributed by atoms with Gasteiger partial charge in [-0.15, -0.1) is 0 Å². The minimum Gasteiger partial charge on any atom is -0.457 e. The lowest BCUT2D eigenvalue weighted by Crippen LogP contribution is -2.11. The van der Waals surface area contributed by atoms with Gasteiger partial charge in [0.2, 0.25) is 0 Å². The van der Waals surface area contributed by atoms with Crippen LogP contribution in [0.3, 0.4) is 0 Å². The van der Waals surface area contributed by atoms with E-state index in [0.29, 0.717) is 0 Å². The van der Waals surface area contributed by atoms with Crippen LogP contribution >= 0.6 is 0 Å². The van der Waals surface area contributed by atoms with Crippen molar-refractivity contribution in [2.24, 2.45) is 0 Å². The second-order valence-corrected chi connectivity index (χ2v) is 4.57. The number of rotatable bonds is 4. The first-order chi connectivity index (χ1) is 10.4. The lowest BCUT2D eigenvalue weighted by atomic mass is 10.0. The molecule has 0 aliphatic carbocycles. The average Bonchev–Trinajstić information content (AvgIpc) is 2.52. The van der Waals surface area contributed by atoms with Gasteiger partial charge in [-0.3, -0.25) is 0 Å². The molecule has 0 unspecified atom stereocenters. The molecule has 5 heteroatoms. The minimum absolute atomic E-state index is 0.00420. The normalized spacial score (nSPS) is 11.0. The Morgan fingerprint density at radius 3 is 2.41 bits per heavy atom. The fraction of sp³-hybridized carbons (Fsp3) is 0.118. The number of carbonyl (C=O) groups excluding carboxylic acids is 1. The van der Waals surface area contributed by atoms with Crippen LogP contribution in [0.1, 0.15) is 27.0 Å². The predicted octanol–water partition coefficient (Wildman–Crippen LogP) is 4.71. The van der Waals surface area contributed by atoms with Gasteiger partial charge in [0.1, 0.15) is 6.61 Å². The Bertz CT molecular complexity index is 676. The Kier molecular flexibility index (Phi) is 4.65. The van der Waals surface area contributed by atoms with Crippen molar-refractivity contribution in [2.75, 3.05) is 0 Å². The molecule has 22 heavy (non-hydrogen) atoms. The SMILES string of the molecule is C=Cc1ccc(C(=O)OCc2ccccc2)cc1C(F)(F)F. The van der Waals surface area contributed by atoms with Crippen LogP contribution in [-0.2, 0) is 17.5 Å². The summed E-state index contributed by atoms with van der Waals surface area (Å²) in [7, 11) is 0. The van der Waals surface area contributed by atoms with E-state index in [9.17, 15) is 18.0 Å². The van der Waals surface area contributed by atoms with Crippen molar-refractivity contribution in [3.63, 3.8) is 0 Å². The van der Waals surface area contributed by atoms with E-state index in [1.807, 2.05) is 6.07 Å². The molecular weight excluding hydrogens is 293 g/mol. The van der Waals surface area contributed by atoms with Crippen LogP contribution in [0.25, 0.3) is 6.08 Å². The topological polar surface area (TPSA) is 26.3 Å². The molecule has 0 radical (unpaired) electrons. The molecular formula is C17H13F3O2. The number of hydrogen-bond acceptors (Lipinski definition) is 2. The first kappa shape index (κ1) is 15.8. The second-order valence-electron chi connectivity index (χ2n) is 4.57. The summed E-state index contributed by atoms with van der Waals surface area (Å²) in [5.41, 5.74) is -0.368.